The summed E-state index contributed by atoms with van der Waals surface area (Å²) in [5.41, 5.74) is 5.01. The molecule has 134 valence electrons. The molecule has 0 saturated carbocycles. The minimum absolute atomic E-state index is 0.776. The number of carboxylic acid groups (broad SMARTS) is 2. The molecule has 0 spiro atoms. The lowest BCUT2D eigenvalue weighted by atomic mass is 10.0. The van der Waals surface area contributed by atoms with E-state index in [9.17, 15) is 9.59 Å². The molecular weight excluding hydrogens is 344 g/mol. The Bertz CT molecular complexity index is 931. The fourth-order valence-electron chi connectivity index (χ4n) is 2.58. The van der Waals surface area contributed by atoms with Crippen LogP contribution in [0.15, 0.2) is 67.0 Å². The minimum Gasteiger partial charge on any atom is -0.478 e. The van der Waals surface area contributed by atoms with E-state index in [4.69, 9.17) is 10.2 Å². The summed E-state index contributed by atoms with van der Waals surface area (Å²) in [4.78, 5) is 28.7. The number of carbonyl (C=O) groups is 2. The Hall–Kier alpha value is -3.93. The fraction of sp³-hybridized carbons (Fsp3) is 0. The van der Waals surface area contributed by atoms with Crippen LogP contribution in [0.5, 0.6) is 0 Å². The monoisotopic (exact) mass is 360 g/mol. The van der Waals surface area contributed by atoms with Crippen molar-refractivity contribution in [3.8, 4) is 22.5 Å². The van der Waals surface area contributed by atoms with Crippen LogP contribution in [0.25, 0.3) is 34.7 Å². The number of aliphatic carboxylic acids is 2. The first-order valence-corrected chi connectivity index (χ1v) is 8.09. The Balaban J connectivity index is 1.85. The SMILES string of the molecule is O=C(O)C=Cc1ccc(-c2nc[nH]c2-c2ccc(C=CC(=O)O)cc2)cc1. The maximum Gasteiger partial charge on any atom is 0.328 e. The third-order valence-corrected chi connectivity index (χ3v) is 3.86. The molecule has 2 aromatic carbocycles. The summed E-state index contributed by atoms with van der Waals surface area (Å²) in [6, 6.07) is 14.9. The number of hydrogen-bond donors (Lipinski definition) is 3. The van der Waals surface area contributed by atoms with Crippen molar-refractivity contribution >= 4 is 24.1 Å². The second-order valence-corrected chi connectivity index (χ2v) is 5.71. The van der Waals surface area contributed by atoms with Crippen molar-refractivity contribution in [1.82, 2.24) is 9.97 Å². The number of carboxylic acids is 2. The van der Waals surface area contributed by atoms with Gasteiger partial charge in [-0.05, 0) is 23.3 Å². The molecule has 6 heteroatoms. The van der Waals surface area contributed by atoms with E-state index >= 15 is 0 Å². The highest BCUT2D eigenvalue weighted by atomic mass is 16.4. The maximum absolute atomic E-state index is 10.6. The molecule has 3 N–H and O–H groups in total. The van der Waals surface area contributed by atoms with Gasteiger partial charge in [-0.25, -0.2) is 14.6 Å². The molecule has 3 aromatic rings. The zero-order valence-corrected chi connectivity index (χ0v) is 14.2. The second kappa shape index (κ2) is 7.97. The van der Waals surface area contributed by atoms with Crippen molar-refractivity contribution in [2.75, 3.05) is 0 Å². The Kier molecular flexibility index (Phi) is 5.28. The molecular formula is C21H16N2O4. The van der Waals surface area contributed by atoms with Gasteiger partial charge in [0.2, 0.25) is 0 Å². The van der Waals surface area contributed by atoms with E-state index in [0.29, 0.717) is 0 Å². The minimum atomic E-state index is -0.990. The van der Waals surface area contributed by atoms with Crippen molar-refractivity contribution in [3.05, 3.63) is 78.1 Å². The zero-order chi connectivity index (χ0) is 19.2. The molecule has 0 unspecified atom stereocenters. The molecule has 0 aliphatic heterocycles. The lowest BCUT2D eigenvalue weighted by molar-refractivity contribution is -0.132. The average Bonchev–Trinajstić information content (AvgIpc) is 3.15. The van der Waals surface area contributed by atoms with Crippen LogP contribution >= 0.6 is 0 Å². The number of imidazole rings is 1. The Morgan fingerprint density at radius 2 is 1.26 bits per heavy atom. The van der Waals surface area contributed by atoms with E-state index < -0.39 is 11.9 Å². The number of nitrogens with one attached hydrogen (secondary N) is 1. The van der Waals surface area contributed by atoms with Crippen LogP contribution in [-0.4, -0.2) is 32.1 Å². The molecule has 1 aromatic heterocycles. The van der Waals surface area contributed by atoms with Gasteiger partial charge in [0.15, 0.2) is 0 Å². The predicted octanol–water partition coefficient (Wildman–Crippen LogP) is 3.94. The Morgan fingerprint density at radius 1 is 0.778 bits per heavy atom. The highest BCUT2D eigenvalue weighted by Gasteiger charge is 2.10. The molecule has 27 heavy (non-hydrogen) atoms. The second-order valence-electron chi connectivity index (χ2n) is 5.71. The van der Waals surface area contributed by atoms with Crippen molar-refractivity contribution < 1.29 is 19.8 Å². The fourth-order valence-corrected chi connectivity index (χ4v) is 2.58. The molecule has 0 aliphatic rings. The first-order chi connectivity index (χ1) is 13.0. The Labute approximate surface area is 155 Å². The molecule has 0 atom stereocenters. The first kappa shape index (κ1) is 17.9. The van der Waals surface area contributed by atoms with Gasteiger partial charge in [0.05, 0.1) is 17.7 Å². The number of nitrogens with zero attached hydrogens (tertiary/aromatic N) is 1. The van der Waals surface area contributed by atoms with Gasteiger partial charge >= 0.3 is 11.9 Å². The molecule has 0 aliphatic carbocycles. The molecule has 0 amide bonds. The van der Waals surface area contributed by atoms with Gasteiger partial charge in [-0.1, -0.05) is 48.5 Å². The summed E-state index contributed by atoms with van der Waals surface area (Å²) >= 11 is 0. The van der Waals surface area contributed by atoms with E-state index in [1.807, 2.05) is 48.5 Å². The zero-order valence-electron chi connectivity index (χ0n) is 14.2. The van der Waals surface area contributed by atoms with Gasteiger partial charge in [0.25, 0.3) is 0 Å². The van der Waals surface area contributed by atoms with Crippen LogP contribution in [0.4, 0.5) is 0 Å². The summed E-state index contributed by atoms with van der Waals surface area (Å²) in [5, 5.41) is 17.4. The van der Waals surface area contributed by atoms with Gasteiger partial charge in [-0.15, -0.1) is 0 Å². The largest absolute Gasteiger partial charge is 0.478 e. The first-order valence-electron chi connectivity index (χ1n) is 8.09. The number of aromatic amines is 1. The number of aromatic nitrogens is 2. The smallest absolute Gasteiger partial charge is 0.328 e. The van der Waals surface area contributed by atoms with Crippen LogP contribution in [-0.2, 0) is 9.59 Å². The number of H-pyrrole nitrogens is 1. The molecule has 3 rings (SSSR count). The molecule has 0 bridgehead atoms. The van der Waals surface area contributed by atoms with Crippen molar-refractivity contribution in [3.63, 3.8) is 0 Å². The highest BCUT2D eigenvalue weighted by molar-refractivity contribution is 5.86. The van der Waals surface area contributed by atoms with Gasteiger partial charge in [0.1, 0.15) is 0 Å². The van der Waals surface area contributed by atoms with Gasteiger partial charge in [-0.2, -0.15) is 0 Å². The van der Waals surface area contributed by atoms with E-state index in [1.54, 1.807) is 6.33 Å². The van der Waals surface area contributed by atoms with Crippen LogP contribution in [0.3, 0.4) is 0 Å². The van der Waals surface area contributed by atoms with E-state index in [-0.39, 0.29) is 0 Å². The van der Waals surface area contributed by atoms with Gasteiger partial charge in [-0.3, -0.25) is 0 Å². The summed E-state index contributed by atoms with van der Waals surface area (Å²) in [5.74, 6) is -1.98. The summed E-state index contributed by atoms with van der Waals surface area (Å²) in [7, 11) is 0. The quantitative estimate of drug-likeness (QED) is 0.578. The molecule has 0 radical (unpaired) electrons. The maximum atomic E-state index is 10.6. The normalized spacial score (nSPS) is 11.3. The van der Waals surface area contributed by atoms with Gasteiger partial charge in [0, 0.05) is 23.3 Å². The van der Waals surface area contributed by atoms with Crippen LogP contribution in [0, 0.1) is 0 Å². The lowest BCUT2D eigenvalue weighted by Crippen LogP contribution is -1.87. The number of rotatable bonds is 6. The van der Waals surface area contributed by atoms with E-state index in [2.05, 4.69) is 9.97 Å². The summed E-state index contributed by atoms with van der Waals surface area (Å²) < 4.78 is 0. The number of hydrogen-bond acceptors (Lipinski definition) is 3. The highest BCUT2D eigenvalue weighted by Crippen LogP contribution is 2.29. The third kappa shape index (κ3) is 4.58. The van der Waals surface area contributed by atoms with Crippen LogP contribution < -0.4 is 0 Å². The predicted molar refractivity (Wildman–Crippen MR) is 103 cm³/mol. The molecule has 0 saturated heterocycles. The van der Waals surface area contributed by atoms with Gasteiger partial charge < -0.3 is 15.2 Å². The average molecular weight is 360 g/mol. The molecule has 6 nitrogen and oxygen atoms in total. The third-order valence-electron chi connectivity index (χ3n) is 3.86. The molecule has 1 heterocycles. The van der Waals surface area contributed by atoms with Crippen molar-refractivity contribution in [1.29, 1.82) is 0 Å². The van der Waals surface area contributed by atoms with E-state index in [1.165, 1.54) is 12.2 Å². The molecule has 0 fully saturated rings. The van der Waals surface area contributed by atoms with Crippen LogP contribution in [0.1, 0.15) is 11.1 Å². The standard InChI is InChI=1S/C21H16N2O4/c24-18(25)11-5-14-1-7-16(8-2-14)20-21(23-13-22-20)17-9-3-15(4-10-17)6-12-19(26)27/h1-13H,(H,22,23)(H,24,25)(H,26,27). The van der Waals surface area contributed by atoms with Crippen molar-refractivity contribution in [2.24, 2.45) is 0 Å². The van der Waals surface area contributed by atoms with Crippen LogP contribution in [0.2, 0.25) is 0 Å². The Morgan fingerprint density at radius 3 is 1.74 bits per heavy atom. The van der Waals surface area contributed by atoms with E-state index in [0.717, 1.165) is 45.8 Å². The number of benzene rings is 2. The summed E-state index contributed by atoms with van der Waals surface area (Å²) in [6.07, 6.45) is 6.86. The summed E-state index contributed by atoms with van der Waals surface area (Å²) in [6.45, 7) is 0. The lowest BCUT2D eigenvalue weighted by Gasteiger charge is -2.05. The topological polar surface area (TPSA) is 103 Å². The van der Waals surface area contributed by atoms with Crippen molar-refractivity contribution in [2.45, 2.75) is 0 Å².